The smallest absolute Gasteiger partial charge is 0.320 e. The molecule has 0 N–H and O–H groups in total. The first kappa shape index (κ1) is 32.2. The summed E-state index contributed by atoms with van der Waals surface area (Å²) >= 11 is 0. The zero-order chi connectivity index (χ0) is 28.9. The molecule has 0 aliphatic heterocycles. The minimum Gasteiger partial charge on any atom is -0.468 e. The van der Waals surface area contributed by atoms with E-state index in [0.717, 1.165) is 30.0 Å². The Labute approximate surface area is 233 Å². The lowest BCUT2D eigenvalue weighted by Gasteiger charge is -2.44. The fourth-order valence-electron chi connectivity index (χ4n) is 5.05. The van der Waals surface area contributed by atoms with Gasteiger partial charge in [0.25, 0.3) is 0 Å². The molecular formula is C31H50O5Si2. The maximum Gasteiger partial charge on any atom is 0.320 e. The Morgan fingerprint density at radius 2 is 1.58 bits per heavy atom. The number of benzene rings is 1. The van der Waals surface area contributed by atoms with Gasteiger partial charge in [0.05, 0.1) is 28.4 Å². The fourth-order valence-corrected chi connectivity index (χ4v) is 8.86. The van der Waals surface area contributed by atoms with E-state index in [-0.39, 0.29) is 23.0 Å². The highest BCUT2D eigenvalue weighted by atomic mass is 28.4. The molecule has 1 aliphatic rings. The van der Waals surface area contributed by atoms with E-state index in [1.807, 2.05) is 0 Å². The molecule has 1 aromatic carbocycles. The van der Waals surface area contributed by atoms with Crippen LogP contribution >= 0.6 is 0 Å². The Hall–Kier alpha value is -1.97. The van der Waals surface area contributed by atoms with Crippen molar-refractivity contribution in [2.45, 2.75) is 90.3 Å². The van der Waals surface area contributed by atoms with E-state index >= 15 is 0 Å². The second-order valence-corrected chi connectivity index (χ2v) is 22.6. The number of hydrogen-bond acceptors (Lipinski definition) is 5. The molecule has 0 fully saturated rings. The first-order valence-electron chi connectivity index (χ1n) is 13.8. The average molecular weight is 559 g/mol. The topological polar surface area (TPSA) is 61.8 Å². The van der Waals surface area contributed by atoms with Crippen LogP contribution in [-0.2, 0) is 23.5 Å². The van der Waals surface area contributed by atoms with Crippen LogP contribution in [0, 0.1) is 17.8 Å². The maximum atomic E-state index is 12.4. The summed E-state index contributed by atoms with van der Waals surface area (Å²) in [5, 5.41) is 1.58. The number of hydrogen-bond donors (Lipinski definition) is 0. The van der Waals surface area contributed by atoms with Gasteiger partial charge in [-0.15, -0.1) is 0 Å². The standard InChI is InChI=1S/C31H50O5Si2/c1-22(19-27(29(32)34-6)30(33)35-7)26-21-24(17-18-37(8,9)25-15-13-12-14-16-25)28(20-23(26)2)36-38(10,11)31(3,4)5/h12-16,21-22,24,27-28H,2,17-20H2,1,3-11H3/t22-,24-,28+/m0/s1. The summed E-state index contributed by atoms with van der Waals surface area (Å²) in [5.74, 6) is -1.86. The Morgan fingerprint density at radius 3 is 2.08 bits per heavy atom. The van der Waals surface area contributed by atoms with E-state index in [1.165, 1.54) is 19.4 Å². The molecule has 0 radical (unpaired) electrons. The SMILES string of the molecule is C=C1C[C@@H](O[Si](C)(C)C(C)(C)C)[C@@H](CC[Si](C)(C)c2ccccc2)C=C1[C@@H](C)CC(C(=O)OC)C(=O)OC. The van der Waals surface area contributed by atoms with Gasteiger partial charge in [0.2, 0.25) is 0 Å². The molecule has 5 nitrogen and oxygen atoms in total. The molecule has 0 spiro atoms. The first-order valence-corrected chi connectivity index (χ1v) is 19.9. The zero-order valence-corrected chi connectivity index (χ0v) is 27.4. The molecule has 0 saturated carbocycles. The molecule has 2 rings (SSSR count). The van der Waals surface area contributed by atoms with Gasteiger partial charge in [0.15, 0.2) is 14.2 Å². The van der Waals surface area contributed by atoms with Gasteiger partial charge in [-0.1, -0.05) is 95.0 Å². The minimum absolute atomic E-state index is 0.0404. The van der Waals surface area contributed by atoms with E-state index in [0.29, 0.717) is 6.42 Å². The molecule has 0 bridgehead atoms. The van der Waals surface area contributed by atoms with Crippen LogP contribution in [0.1, 0.15) is 47.0 Å². The summed E-state index contributed by atoms with van der Waals surface area (Å²) in [6.07, 6.45) is 4.55. The van der Waals surface area contributed by atoms with Crippen molar-refractivity contribution < 1.29 is 23.5 Å². The molecule has 1 aromatic rings. The molecule has 0 amide bonds. The molecule has 212 valence electrons. The van der Waals surface area contributed by atoms with Gasteiger partial charge < -0.3 is 13.9 Å². The molecular weight excluding hydrogens is 509 g/mol. The van der Waals surface area contributed by atoms with Gasteiger partial charge in [-0.2, -0.15) is 0 Å². The second kappa shape index (κ2) is 12.9. The van der Waals surface area contributed by atoms with Crippen molar-refractivity contribution in [3.05, 3.63) is 54.1 Å². The van der Waals surface area contributed by atoms with Crippen molar-refractivity contribution in [2.75, 3.05) is 14.2 Å². The average Bonchev–Trinajstić information content (AvgIpc) is 2.85. The lowest BCUT2D eigenvalue weighted by atomic mass is 9.77. The first-order chi connectivity index (χ1) is 17.5. The molecule has 0 aromatic heterocycles. The highest BCUT2D eigenvalue weighted by molar-refractivity contribution is 6.89. The summed E-state index contributed by atoms with van der Waals surface area (Å²) in [6.45, 7) is 22.8. The van der Waals surface area contributed by atoms with Crippen molar-refractivity contribution in [2.24, 2.45) is 17.8 Å². The molecule has 1 aliphatic carbocycles. The van der Waals surface area contributed by atoms with Crippen LogP contribution in [-0.4, -0.2) is 48.7 Å². The molecule has 38 heavy (non-hydrogen) atoms. The molecule has 3 atom stereocenters. The summed E-state index contributed by atoms with van der Waals surface area (Å²) in [5.41, 5.74) is 2.16. The van der Waals surface area contributed by atoms with Crippen LogP contribution in [0.15, 0.2) is 54.1 Å². The number of rotatable bonds is 11. The van der Waals surface area contributed by atoms with E-state index in [9.17, 15) is 9.59 Å². The third kappa shape index (κ3) is 8.02. The minimum atomic E-state index is -2.00. The van der Waals surface area contributed by atoms with Crippen molar-refractivity contribution in [1.29, 1.82) is 0 Å². The van der Waals surface area contributed by atoms with Crippen LogP contribution in [0.25, 0.3) is 0 Å². The van der Waals surface area contributed by atoms with E-state index in [2.05, 4.69) is 96.9 Å². The third-order valence-electron chi connectivity index (χ3n) is 8.73. The fraction of sp³-hybridized carbons (Fsp3) is 0.613. The lowest BCUT2D eigenvalue weighted by Crippen LogP contribution is -2.47. The van der Waals surface area contributed by atoms with E-state index < -0.39 is 34.2 Å². The van der Waals surface area contributed by atoms with Crippen LogP contribution < -0.4 is 5.19 Å². The number of methoxy groups -OCH3 is 2. The van der Waals surface area contributed by atoms with Crippen molar-refractivity contribution in [1.82, 2.24) is 0 Å². The molecule has 0 unspecified atom stereocenters. The van der Waals surface area contributed by atoms with Crippen LogP contribution in [0.2, 0.25) is 37.3 Å². The number of allylic oxidation sites excluding steroid dienone is 1. The van der Waals surface area contributed by atoms with Gasteiger partial charge in [-0.3, -0.25) is 9.59 Å². The van der Waals surface area contributed by atoms with Crippen molar-refractivity contribution in [3.8, 4) is 0 Å². The van der Waals surface area contributed by atoms with Crippen LogP contribution in [0.5, 0.6) is 0 Å². The van der Waals surface area contributed by atoms with Gasteiger partial charge in [0.1, 0.15) is 0 Å². The van der Waals surface area contributed by atoms with Gasteiger partial charge in [-0.25, -0.2) is 0 Å². The number of ether oxygens (including phenoxy) is 2. The number of carbonyl (C=O) groups excluding carboxylic acids is 2. The van der Waals surface area contributed by atoms with Gasteiger partial charge in [0, 0.05) is 5.92 Å². The quantitative estimate of drug-likeness (QED) is 0.168. The lowest BCUT2D eigenvalue weighted by molar-refractivity contribution is -0.159. The third-order valence-corrected chi connectivity index (χ3v) is 16.7. The Kier molecular flexibility index (Phi) is 11.0. The van der Waals surface area contributed by atoms with Crippen LogP contribution in [0.4, 0.5) is 0 Å². The van der Waals surface area contributed by atoms with Gasteiger partial charge in [-0.05, 0) is 54.5 Å². The highest BCUT2D eigenvalue weighted by Gasteiger charge is 2.42. The summed E-state index contributed by atoms with van der Waals surface area (Å²) in [7, 11) is -1.03. The van der Waals surface area contributed by atoms with Crippen molar-refractivity contribution >= 4 is 33.5 Å². The predicted octanol–water partition coefficient (Wildman–Crippen LogP) is 6.87. The largest absolute Gasteiger partial charge is 0.468 e. The normalized spacial score (nSPS) is 19.7. The number of esters is 2. The van der Waals surface area contributed by atoms with E-state index in [1.54, 1.807) is 0 Å². The van der Waals surface area contributed by atoms with Crippen molar-refractivity contribution in [3.63, 3.8) is 0 Å². The maximum absolute atomic E-state index is 12.4. The second-order valence-electron chi connectivity index (χ2n) is 13.0. The Bertz CT molecular complexity index is 991. The summed E-state index contributed by atoms with van der Waals surface area (Å²) in [4.78, 5) is 24.7. The molecule has 0 saturated heterocycles. The summed E-state index contributed by atoms with van der Waals surface area (Å²) < 4.78 is 16.8. The Balaban J connectivity index is 2.38. The number of carbonyl (C=O) groups is 2. The zero-order valence-electron chi connectivity index (χ0n) is 25.4. The summed E-state index contributed by atoms with van der Waals surface area (Å²) in [6, 6.07) is 12.0. The Morgan fingerprint density at radius 1 is 1.03 bits per heavy atom. The van der Waals surface area contributed by atoms with Crippen LogP contribution in [0.3, 0.4) is 0 Å². The highest BCUT2D eigenvalue weighted by Crippen LogP contribution is 2.43. The van der Waals surface area contributed by atoms with E-state index in [4.69, 9.17) is 13.9 Å². The molecule has 0 heterocycles. The molecule has 7 heteroatoms. The monoisotopic (exact) mass is 558 g/mol. The predicted molar refractivity (Wildman–Crippen MR) is 162 cm³/mol. The van der Waals surface area contributed by atoms with Gasteiger partial charge >= 0.3 is 11.9 Å².